The van der Waals surface area contributed by atoms with Gasteiger partial charge in [-0.15, -0.1) is 0 Å². The summed E-state index contributed by atoms with van der Waals surface area (Å²) >= 11 is 0. The van der Waals surface area contributed by atoms with Crippen LogP contribution in [0.5, 0.6) is 5.75 Å². The number of amides is 1. The summed E-state index contributed by atoms with van der Waals surface area (Å²) in [5.74, 6) is -1.30. The molecule has 0 aliphatic heterocycles. The molecule has 9 heteroatoms. The zero-order chi connectivity index (χ0) is 24.2. The second-order valence-corrected chi connectivity index (χ2v) is 7.46. The molecule has 170 valence electrons. The van der Waals surface area contributed by atoms with E-state index in [0.717, 1.165) is 11.6 Å². The first kappa shape index (κ1) is 22.4. The highest BCUT2D eigenvalue weighted by Crippen LogP contribution is 2.23. The van der Waals surface area contributed by atoms with Crippen LogP contribution in [-0.4, -0.2) is 16.8 Å². The lowest BCUT2D eigenvalue weighted by Gasteiger charge is -2.07. The fraction of sp³-hybridized carbons (Fsp3) is 0.0800. The van der Waals surface area contributed by atoms with Gasteiger partial charge in [0.05, 0.1) is 10.5 Å². The Balaban J connectivity index is 1.53. The Bertz CT molecular complexity index is 1480. The molecule has 1 amide bonds. The molecule has 0 saturated carbocycles. The number of hydrogen-bond donors (Lipinski definition) is 1. The summed E-state index contributed by atoms with van der Waals surface area (Å²) in [6, 6.07) is 19.0. The third-order valence-electron chi connectivity index (χ3n) is 5.10. The Morgan fingerprint density at radius 3 is 2.53 bits per heavy atom. The smallest absolute Gasteiger partial charge is 0.349 e. The van der Waals surface area contributed by atoms with E-state index in [0.29, 0.717) is 10.9 Å². The lowest BCUT2D eigenvalue weighted by Crippen LogP contribution is -2.27. The fourth-order valence-electron chi connectivity index (χ4n) is 3.29. The first-order valence-corrected chi connectivity index (χ1v) is 10.2. The molecule has 1 heterocycles. The summed E-state index contributed by atoms with van der Waals surface area (Å²) in [5, 5.41) is 14.2. The van der Waals surface area contributed by atoms with Gasteiger partial charge in [0.2, 0.25) is 0 Å². The van der Waals surface area contributed by atoms with Crippen LogP contribution in [0, 0.1) is 17.0 Å². The van der Waals surface area contributed by atoms with Gasteiger partial charge >= 0.3 is 11.6 Å². The van der Waals surface area contributed by atoms with Gasteiger partial charge in [-0.1, -0.05) is 36.4 Å². The van der Waals surface area contributed by atoms with Gasteiger partial charge in [0.15, 0.2) is 0 Å². The predicted octanol–water partition coefficient (Wildman–Crippen LogP) is 4.16. The van der Waals surface area contributed by atoms with Crippen LogP contribution in [0.2, 0.25) is 0 Å². The number of ether oxygens (including phenoxy) is 1. The first-order chi connectivity index (χ1) is 16.3. The van der Waals surface area contributed by atoms with Crippen LogP contribution in [-0.2, 0) is 6.54 Å². The Kier molecular flexibility index (Phi) is 6.18. The molecule has 0 radical (unpaired) electrons. The van der Waals surface area contributed by atoms with E-state index >= 15 is 0 Å². The summed E-state index contributed by atoms with van der Waals surface area (Å²) in [6.45, 7) is 1.82. The molecule has 0 aliphatic carbocycles. The van der Waals surface area contributed by atoms with Crippen molar-refractivity contribution in [3.63, 3.8) is 0 Å². The number of nitrogens with one attached hydrogen (secondary N) is 1. The van der Waals surface area contributed by atoms with Crippen LogP contribution >= 0.6 is 0 Å². The number of hydrogen-bond acceptors (Lipinski definition) is 7. The van der Waals surface area contributed by atoms with E-state index in [1.165, 1.54) is 36.4 Å². The van der Waals surface area contributed by atoms with Crippen molar-refractivity contribution in [2.24, 2.45) is 0 Å². The van der Waals surface area contributed by atoms with E-state index in [2.05, 4.69) is 5.32 Å². The number of nitrogens with zero attached hydrogens (tertiary/aromatic N) is 1. The van der Waals surface area contributed by atoms with Crippen molar-refractivity contribution < 1.29 is 23.7 Å². The molecule has 4 aromatic rings. The summed E-state index contributed by atoms with van der Waals surface area (Å²) in [6.07, 6.45) is 0. The van der Waals surface area contributed by atoms with Gasteiger partial charge in [0, 0.05) is 29.6 Å². The standard InChI is InChI=1S/C25H18N2O7/c1-15-7-8-18(12-21(15)27(31)32)24(29)33-19-10-9-17-11-20(25(30)34-22(17)13-19)23(28)26-14-16-5-3-2-4-6-16/h2-13H,14H2,1H3,(H,26,28). The Morgan fingerprint density at radius 1 is 1.03 bits per heavy atom. The molecule has 9 nitrogen and oxygen atoms in total. The zero-order valence-electron chi connectivity index (χ0n) is 17.9. The summed E-state index contributed by atoms with van der Waals surface area (Å²) in [5.41, 5.74) is 0.228. The first-order valence-electron chi connectivity index (χ1n) is 10.2. The van der Waals surface area contributed by atoms with E-state index in [-0.39, 0.29) is 34.7 Å². The van der Waals surface area contributed by atoms with E-state index in [1.54, 1.807) is 6.92 Å². The van der Waals surface area contributed by atoms with Crippen LogP contribution < -0.4 is 15.7 Å². The van der Waals surface area contributed by atoms with Gasteiger partial charge in [0.25, 0.3) is 11.6 Å². The number of nitro groups is 1. The Labute approximate surface area is 192 Å². The minimum absolute atomic E-state index is 0.00397. The van der Waals surface area contributed by atoms with Crippen molar-refractivity contribution in [2.45, 2.75) is 13.5 Å². The van der Waals surface area contributed by atoms with Crippen molar-refractivity contribution in [3.05, 3.63) is 116 Å². The van der Waals surface area contributed by atoms with E-state index in [9.17, 15) is 24.5 Å². The van der Waals surface area contributed by atoms with Gasteiger partial charge < -0.3 is 14.5 Å². The number of esters is 1. The van der Waals surface area contributed by atoms with Crippen molar-refractivity contribution in [3.8, 4) is 5.75 Å². The molecular weight excluding hydrogens is 440 g/mol. The van der Waals surface area contributed by atoms with Gasteiger partial charge in [-0.3, -0.25) is 14.9 Å². The minimum Gasteiger partial charge on any atom is -0.423 e. The summed E-state index contributed by atoms with van der Waals surface area (Å²) in [7, 11) is 0. The van der Waals surface area contributed by atoms with Crippen molar-refractivity contribution in [2.75, 3.05) is 0 Å². The average molecular weight is 458 g/mol. The highest BCUT2D eigenvalue weighted by molar-refractivity contribution is 5.97. The fourth-order valence-corrected chi connectivity index (χ4v) is 3.29. The number of benzene rings is 3. The largest absolute Gasteiger partial charge is 0.423 e. The molecule has 0 unspecified atom stereocenters. The molecule has 1 aromatic heterocycles. The van der Waals surface area contributed by atoms with Gasteiger partial charge in [-0.25, -0.2) is 9.59 Å². The van der Waals surface area contributed by atoms with Crippen molar-refractivity contribution in [1.82, 2.24) is 5.32 Å². The topological polar surface area (TPSA) is 129 Å². The number of carbonyl (C=O) groups is 2. The van der Waals surface area contributed by atoms with Crippen LogP contribution in [0.3, 0.4) is 0 Å². The van der Waals surface area contributed by atoms with Crippen LogP contribution in [0.1, 0.15) is 31.8 Å². The number of nitro benzene ring substituents is 1. The number of fused-ring (bicyclic) bond motifs is 1. The SMILES string of the molecule is Cc1ccc(C(=O)Oc2ccc3cc(C(=O)NCc4ccccc4)c(=O)oc3c2)cc1[N+](=O)[O-]. The van der Waals surface area contributed by atoms with E-state index in [1.807, 2.05) is 30.3 Å². The maximum Gasteiger partial charge on any atom is 0.349 e. The van der Waals surface area contributed by atoms with Crippen LogP contribution in [0.15, 0.2) is 82.0 Å². The molecule has 0 fully saturated rings. The molecule has 0 bridgehead atoms. The molecule has 4 rings (SSSR count). The van der Waals surface area contributed by atoms with Gasteiger partial charge in [0.1, 0.15) is 16.9 Å². The number of aryl methyl sites for hydroxylation is 1. The highest BCUT2D eigenvalue weighted by atomic mass is 16.6. The predicted molar refractivity (Wildman–Crippen MR) is 123 cm³/mol. The minimum atomic E-state index is -0.837. The van der Waals surface area contributed by atoms with Gasteiger partial charge in [-0.05, 0) is 36.8 Å². The molecule has 34 heavy (non-hydrogen) atoms. The highest BCUT2D eigenvalue weighted by Gasteiger charge is 2.18. The second kappa shape index (κ2) is 9.37. The maximum absolute atomic E-state index is 12.5. The third kappa shape index (κ3) is 4.83. The summed E-state index contributed by atoms with van der Waals surface area (Å²) in [4.78, 5) is 47.8. The maximum atomic E-state index is 12.5. The summed E-state index contributed by atoms with van der Waals surface area (Å²) < 4.78 is 10.5. The molecule has 0 saturated heterocycles. The molecule has 3 aromatic carbocycles. The van der Waals surface area contributed by atoms with Crippen molar-refractivity contribution >= 4 is 28.5 Å². The lowest BCUT2D eigenvalue weighted by atomic mass is 10.1. The van der Waals surface area contributed by atoms with Crippen molar-refractivity contribution in [1.29, 1.82) is 0 Å². The van der Waals surface area contributed by atoms with Gasteiger partial charge in [-0.2, -0.15) is 0 Å². The quantitative estimate of drug-likeness (QED) is 0.151. The Hall–Kier alpha value is -4.79. The molecule has 0 spiro atoms. The van der Waals surface area contributed by atoms with Crippen LogP contribution in [0.25, 0.3) is 11.0 Å². The second-order valence-electron chi connectivity index (χ2n) is 7.46. The lowest BCUT2D eigenvalue weighted by molar-refractivity contribution is -0.385. The normalized spacial score (nSPS) is 10.6. The third-order valence-corrected chi connectivity index (χ3v) is 5.10. The molecular formula is C25H18N2O7. The number of rotatable bonds is 6. The monoisotopic (exact) mass is 458 g/mol. The molecule has 0 atom stereocenters. The molecule has 0 aliphatic rings. The molecule has 1 N–H and O–H groups in total. The zero-order valence-corrected chi connectivity index (χ0v) is 17.9. The van der Waals surface area contributed by atoms with E-state index < -0.39 is 22.4 Å². The average Bonchev–Trinajstić information content (AvgIpc) is 2.82. The van der Waals surface area contributed by atoms with Crippen LogP contribution in [0.4, 0.5) is 5.69 Å². The Morgan fingerprint density at radius 2 is 1.79 bits per heavy atom. The van der Waals surface area contributed by atoms with E-state index in [4.69, 9.17) is 9.15 Å². The number of carbonyl (C=O) groups excluding carboxylic acids is 2.